The van der Waals surface area contributed by atoms with Crippen molar-refractivity contribution in [2.75, 3.05) is 0 Å². The van der Waals surface area contributed by atoms with Gasteiger partial charge >= 0.3 is 0 Å². The summed E-state index contributed by atoms with van der Waals surface area (Å²) in [5.41, 5.74) is 2.77. The Balaban J connectivity index is 2.49. The van der Waals surface area contributed by atoms with Crippen LogP contribution < -0.4 is 0 Å². The lowest BCUT2D eigenvalue weighted by Gasteiger charge is -2.05. The van der Waals surface area contributed by atoms with Crippen LogP contribution in [0.3, 0.4) is 0 Å². The second kappa shape index (κ2) is 8.13. The highest BCUT2D eigenvalue weighted by atomic mass is 16.1. The molecule has 0 N–H and O–H groups in total. The molecule has 3 heteroatoms. The Bertz CT molecular complexity index is 407. The Morgan fingerprint density at radius 3 is 2.32 bits per heavy atom. The van der Waals surface area contributed by atoms with Gasteiger partial charge in [0.25, 0.3) is 0 Å². The summed E-state index contributed by atoms with van der Waals surface area (Å²) in [5, 5.41) is 4.51. The van der Waals surface area contributed by atoms with E-state index < -0.39 is 0 Å². The molecule has 1 rings (SSSR count). The summed E-state index contributed by atoms with van der Waals surface area (Å²) in [6, 6.07) is 0. The van der Waals surface area contributed by atoms with Crippen LogP contribution in [0.4, 0.5) is 0 Å². The van der Waals surface area contributed by atoms with Gasteiger partial charge in [-0.2, -0.15) is 5.10 Å². The molecule has 19 heavy (non-hydrogen) atoms. The van der Waals surface area contributed by atoms with Crippen LogP contribution in [0.25, 0.3) is 0 Å². The minimum Gasteiger partial charge on any atom is -0.294 e. The molecule has 3 nitrogen and oxygen atoms in total. The van der Waals surface area contributed by atoms with Gasteiger partial charge in [0.1, 0.15) is 0 Å². The van der Waals surface area contributed by atoms with Crippen LogP contribution in [0.15, 0.2) is 0 Å². The van der Waals surface area contributed by atoms with Gasteiger partial charge in [-0.25, -0.2) is 0 Å². The standard InChI is InChI=1S/C16H28N2O/c1-5-7-8-9-10-11-12-18-14(4)16(13(3)17-18)15(19)6-2/h5-12H2,1-4H3. The van der Waals surface area contributed by atoms with Crippen molar-refractivity contribution in [1.29, 1.82) is 0 Å². The third kappa shape index (κ3) is 4.48. The van der Waals surface area contributed by atoms with Gasteiger partial charge in [-0.3, -0.25) is 9.48 Å². The maximum Gasteiger partial charge on any atom is 0.166 e. The summed E-state index contributed by atoms with van der Waals surface area (Å²) in [5.74, 6) is 0.212. The van der Waals surface area contributed by atoms with E-state index in [-0.39, 0.29) is 5.78 Å². The molecular weight excluding hydrogens is 236 g/mol. The second-order valence-electron chi connectivity index (χ2n) is 5.31. The number of hydrogen-bond donors (Lipinski definition) is 0. The molecule has 1 aromatic rings. The number of rotatable bonds is 9. The normalized spacial score (nSPS) is 10.9. The minimum absolute atomic E-state index is 0.212. The van der Waals surface area contributed by atoms with E-state index in [9.17, 15) is 4.79 Å². The Labute approximate surface area is 117 Å². The van der Waals surface area contributed by atoms with Gasteiger partial charge in [0.05, 0.1) is 11.3 Å². The third-order valence-corrected chi connectivity index (χ3v) is 3.70. The lowest BCUT2D eigenvalue weighted by Crippen LogP contribution is -2.05. The quantitative estimate of drug-likeness (QED) is 0.488. The molecule has 1 aromatic heterocycles. The largest absolute Gasteiger partial charge is 0.294 e. The highest BCUT2D eigenvalue weighted by Gasteiger charge is 2.16. The van der Waals surface area contributed by atoms with E-state index in [0.717, 1.165) is 29.9 Å². The molecule has 108 valence electrons. The summed E-state index contributed by atoms with van der Waals surface area (Å²) in [6.45, 7) is 9.04. The van der Waals surface area contributed by atoms with Crippen LogP contribution in [-0.4, -0.2) is 15.6 Å². The topological polar surface area (TPSA) is 34.9 Å². The van der Waals surface area contributed by atoms with Gasteiger partial charge in [-0.05, 0) is 20.3 Å². The van der Waals surface area contributed by atoms with Crippen molar-refractivity contribution in [1.82, 2.24) is 9.78 Å². The van der Waals surface area contributed by atoms with Crippen LogP contribution >= 0.6 is 0 Å². The Morgan fingerprint density at radius 1 is 1.05 bits per heavy atom. The van der Waals surface area contributed by atoms with Crippen LogP contribution in [-0.2, 0) is 6.54 Å². The molecule has 0 unspecified atom stereocenters. The van der Waals surface area contributed by atoms with Crippen LogP contribution in [0.2, 0.25) is 0 Å². The van der Waals surface area contributed by atoms with Crippen molar-refractivity contribution >= 4 is 5.78 Å². The fraction of sp³-hybridized carbons (Fsp3) is 0.750. The highest BCUT2D eigenvalue weighted by molar-refractivity contribution is 5.97. The highest BCUT2D eigenvalue weighted by Crippen LogP contribution is 2.16. The number of carbonyl (C=O) groups excluding carboxylic acids is 1. The molecule has 0 atom stereocenters. The molecule has 0 amide bonds. The number of aryl methyl sites for hydroxylation is 2. The van der Waals surface area contributed by atoms with E-state index in [2.05, 4.69) is 12.0 Å². The lowest BCUT2D eigenvalue weighted by molar-refractivity contribution is 0.0987. The third-order valence-electron chi connectivity index (χ3n) is 3.70. The van der Waals surface area contributed by atoms with E-state index in [1.165, 1.54) is 32.1 Å². The van der Waals surface area contributed by atoms with Crippen LogP contribution in [0.1, 0.15) is 80.5 Å². The number of aromatic nitrogens is 2. The van der Waals surface area contributed by atoms with Crippen molar-refractivity contribution in [3.8, 4) is 0 Å². The van der Waals surface area contributed by atoms with Crippen LogP contribution in [0, 0.1) is 13.8 Å². The zero-order chi connectivity index (χ0) is 14.3. The molecule has 0 bridgehead atoms. The molecule has 0 spiro atoms. The first-order chi connectivity index (χ1) is 9.11. The predicted octanol–water partition coefficient (Wildman–Crippen LogP) is 4.45. The molecular formula is C16H28N2O. The van der Waals surface area contributed by atoms with Gasteiger partial charge < -0.3 is 0 Å². The first kappa shape index (κ1) is 15.9. The van der Waals surface area contributed by atoms with Crippen molar-refractivity contribution in [2.45, 2.75) is 79.2 Å². The summed E-state index contributed by atoms with van der Waals surface area (Å²) in [4.78, 5) is 11.9. The maximum atomic E-state index is 11.9. The van der Waals surface area contributed by atoms with Gasteiger partial charge in [-0.1, -0.05) is 46.0 Å². The van der Waals surface area contributed by atoms with E-state index in [4.69, 9.17) is 0 Å². The van der Waals surface area contributed by atoms with E-state index in [1.54, 1.807) is 0 Å². The molecule has 0 aromatic carbocycles. The molecule has 0 saturated carbocycles. The minimum atomic E-state index is 0.212. The SMILES string of the molecule is CCCCCCCCn1nc(C)c(C(=O)CC)c1C. The van der Waals surface area contributed by atoms with E-state index >= 15 is 0 Å². The molecule has 0 aliphatic carbocycles. The van der Waals surface area contributed by atoms with E-state index in [0.29, 0.717) is 6.42 Å². The smallest absolute Gasteiger partial charge is 0.166 e. The second-order valence-corrected chi connectivity index (χ2v) is 5.31. The average Bonchev–Trinajstić information content (AvgIpc) is 2.68. The first-order valence-corrected chi connectivity index (χ1v) is 7.69. The summed E-state index contributed by atoms with van der Waals surface area (Å²) in [7, 11) is 0. The molecule has 0 saturated heterocycles. The summed E-state index contributed by atoms with van der Waals surface area (Å²) >= 11 is 0. The molecule has 1 heterocycles. The van der Waals surface area contributed by atoms with Crippen LogP contribution in [0.5, 0.6) is 0 Å². The number of Topliss-reactive ketones (excluding diaryl/α,β-unsaturated/α-hetero) is 1. The Morgan fingerprint density at radius 2 is 1.68 bits per heavy atom. The average molecular weight is 264 g/mol. The lowest BCUT2D eigenvalue weighted by atomic mass is 10.1. The van der Waals surface area contributed by atoms with Crippen molar-refractivity contribution < 1.29 is 4.79 Å². The number of carbonyl (C=O) groups is 1. The number of hydrogen-bond acceptors (Lipinski definition) is 2. The molecule has 0 aliphatic rings. The fourth-order valence-corrected chi connectivity index (χ4v) is 2.54. The first-order valence-electron chi connectivity index (χ1n) is 7.69. The number of ketones is 1. The van der Waals surface area contributed by atoms with Crippen molar-refractivity contribution in [2.24, 2.45) is 0 Å². The van der Waals surface area contributed by atoms with Gasteiger partial charge in [0.15, 0.2) is 5.78 Å². The summed E-state index contributed by atoms with van der Waals surface area (Å²) in [6.07, 6.45) is 8.27. The van der Waals surface area contributed by atoms with E-state index in [1.807, 2.05) is 25.5 Å². The van der Waals surface area contributed by atoms with Crippen molar-refractivity contribution in [3.05, 3.63) is 17.0 Å². The molecule has 0 fully saturated rings. The maximum absolute atomic E-state index is 11.9. The Hall–Kier alpha value is -1.12. The molecule has 0 aliphatic heterocycles. The zero-order valence-electron chi connectivity index (χ0n) is 13.0. The molecule has 0 radical (unpaired) electrons. The van der Waals surface area contributed by atoms with Gasteiger partial charge in [-0.15, -0.1) is 0 Å². The van der Waals surface area contributed by atoms with Gasteiger partial charge in [0, 0.05) is 18.7 Å². The van der Waals surface area contributed by atoms with Crippen molar-refractivity contribution in [3.63, 3.8) is 0 Å². The summed E-state index contributed by atoms with van der Waals surface area (Å²) < 4.78 is 2.01. The Kier molecular flexibility index (Phi) is 6.82. The number of nitrogens with zero attached hydrogens (tertiary/aromatic N) is 2. The fourth-order valence-electron chi connectivity index (χ4n) is 2.54. The predicted molar refractivity (Wildman–Crippen MR) is 79.7 cm³/mol. The van der Waals surface area contributed by atoms with Gasteiger partial charge in [0.2, 0.25) is 0 Å². The monoisotopic (exact) mass is 264 g/mol. The zero-order valence-corrected chi connectivity index (χ0v) is 13.0. The number of unbranched alkanes of at least 4 members (excludes halogenated alkanes) is 5.